The van der Waals surface area contributed by atoms with Crippen molar-refractivity contribution in [2.24, 2.45) is 0 Å². The second kappa shape index (κ2) is 10.5. The van der Waals surface area contributed by atoms with Crippen LogP contribution in [0, 0.1) is 0 Å². The van der Waals surface area contributed by atoms with Crippen molar-refractivity contribution < 1.29 is 24.5 Å². The first-order chi connectivity index (χ1) is 16.9. The number of rotatable bonds is 6. The number of hydrogen-bond acceptors (Lipinski definition) is 7. The van der Waals surface area contributed by atoms with Crippen LogP contribution in [0.4, 0.5) is 0 Å². The summed E-state index contributed by atoms with van der Waals surface area (Å²) in [6.45, 7) is 2.43. The maximum Gasteiger partial charge on any atom is 0.257 e. The van der Waals surface area contributed by atoms with Crippen LogP contribution in [-0.2, 0) is 6.42 Å². The Kier molecular flexibility index (Phi) is 7.34. The van der Waals surface area contributed by atoms with Crippen molar-refractivity contribution in [2.45, 2.75) is 36.5 Å². The number of halogens is 1. The number of carbonyl (C=O) groups is 1. The number of phenolic OH excluding ortho intramolecular Hbond substituents is 1. The number of piperidine rings is 1. The smallest absolute Gasteiger partial charge is 0.257 e. The molecule has 2 saturated heterocycles. The van der Waals surface area contributed by atoms with Gasteiger partial charge in [0.15, 0.2) is 0 Å². The number of hydrogen-bond donors (Lipinski definition) is 2. The first kappa shape index (κ1) is 24.6. The number of thioether (sulfide) groups is 1. The fourth-order valence-corrected chi connectivity index (χ4v) is 6.47. The molecule has 2 aromatic rings. The molecule has 2 N–H and O–H groups in total. The number of carbonyl (C=O) groups excluding carboxylic acids is 1. The number of phenols is 1. The van der Waals surface area contributed by atoms with E-state index >= 15 is 0 Å². The first-order valence-electron chi connectivity index (χ1n) is 12.1. The standard InChI is InChI=1S/C26H31ClN2O5S/c27-24-15-26(14-18-3-1-2-4-22(18)34-26)7-8-29(24)16-20(31)17-33-23-13-19(30)5-6-21(23)25(32)28-9-11-35-12-10-28/h1-6,13,20,24,30-31H,7-12,14-17H2/t20-,24?,26+/m0/s1. The lowest BCUT2D eigenvalue weighted by molar-refractivity contribution is -0.0124. The SMILES string of the molecule is O=C(c1ccc(O)cc1OC[C@@H](O)CN1CC[C@@]2(Cc3ccccc3O2)CC1Cl)N1CCSCC1. The van der Waals surface area contributed by atoms with E-state index in [-0.39, 0.29) is 35.1 Å². The average Bonchev–Trinajstić information content (AvgIpc) is 3.22. The summed E-state index contributed by atoms with van der Waals surface area (Å²) < 4.78 is 12.1. The lowest BCUT2D eigenvalue weighted by Gasteiger charge is -2.42. The van der Waals surface area contributed by atoms with Gasteiger partial charge in [0.1, 0.15) is 35.6 Å². The minimum atomic E-state index is -0.802. The summed E-state index contributed by atoms with van der Waals surface area (Å²) in [5.74, 6) is 2.94. The number of β-amino-alcohol motifs (C(OH)–C–C–N with tert-alkyl or cyclic N) is 1. The van der Waals surface area contributed by atoms with Crippen LogP contribution in [0.25, 0.3) is 0 Å². The minimum Gasteiger partial charge on any atom is -0.508 e. The van der Waals surface area contributed by atoms with E-state index in [1.165, 1.54) is 17.7 Å². The summed E-state index contributed by atoms with van der Waals surface area (Å²) in [5.41, 5.74) is 1.08. The molecule has 0 radical (unpaired) electrons. The lowest BCUT2D eigenvalue weighted by Crippen LogP contribution is -2.52. The van der Waals surface area contributed by atoms with Crippen molar-refractivity contribution in [1.29, 1.82) is 0 Å². The second-order valence-corrected chi connectivity index (χ2v) is 11.2. The van der Waals surface area contributed by atoms with Gasteiger partial charge in [0.25, 0.3) is 5.91 Å². The highest BCUT2D eigenvalue weighted by atomic mass is 35.5. The monoisotopic (exact) mass is 518 g/mol. The van der Waals surface area contributed by atoms with Gasteiger partial charge in [-0.25, -0.2) is 0 Å². The number of likely N-dealkylation sites (tertiary alicyclic amines) is 1. The van der Waals surface area contributed by atoms with Gasteiger partial charge in [-0.3, -0.25) is 9.69 Å². The molecular weight excluding hydrogens is 488 g/mol. The number of amides is 1. The third kappa shape index (κ3) is 5.50. The molecule has 35 heavy (non-hydrogen) atoms. The van der Waals surface area contributed by atoms with Crippen LogP contribution in [0.15, 0.2) is 42.5 Å². The normalized spacial score (nSPS) is 25.2. The Morgan fingerprint density at radius 3 is 2.80 bits per heavy atom. The summed E-state index contributed by atoms with van der Waals surface area (Å²) >= 11 is 8.57. The number of aromatic hydroxyl groups is 1. The number of fused-ring (bicyclic) bond motifs is 1. The predicted molar refractivity (Wildman–Crippen MR) is 137 cm³/mol. The molecule has 5 rings (SSSR count). The van der Waals surface area contributed by atoms with Gasteiger partial charge in [-0.1, -0.05) is 18.2 Å². The van der Waals surface area contributed by atoms with Crippen LogP contribution < -0.4 is 9.47 Å². The van der Waals surface area contributed by atoms with Gasteiger partial charge in [-0.05, 0) is 23.8 Å². The number of ether oxygens (including phenoxy) is 2. The van der Waals surface area contributed by atoms with Gasteiger partial charge in [0, 0.05) is 63.0 Å². The van der Waals surface area contributed by atoms with Gasteiger partial charge in [0.2, 0.25) is 0 Å². The van der Waals surface area contributed by atoms with E-state index in [1.54, 1.807) is 11.0 Å². The van der Waals surface area contributed by atoms with Gasteiger partial charge < -0.3 is 24.6 Å². The molecule has 1 spiro atoms. The molecule has 3 aliphatic heterocycles. The van der Waals surface area contributed by atoms with Crippen molar-refractivity contribution in [2.75, 3.05) is 44.3 Å². The zero-order chi connectivity index (χ0) is 24.4. The lowest BCUT2D eigenvalue weighted by atomic mass is 9.87. The molecule has 3 heterocycles. The molecule has 1 unspecified atom stereocenters. The Bertz CT molecular complexity index is 1040. The molecule has 7 nitrogen and oxygen atoms in total. The quantitative estimate of drug-likeness (QED) is 0.448. The fraction of sp³-hybridized carbons (Fsp3) is 0.500. The largest absolute Gasteiger partial charge is 0.508 e. The highest BCUT2D eigenvalue weighted by molar-refractivity contribution is 7.99. The average molecular weight is 519 g/mol. The molecule has 1 amide bonds. The molecule has 3 atom stereocenters. The molecule has 0 aromatic heterocycles. The number of alkyl halides is 1. The molecule has 2 aromatic carbocycles. The van der Waals surface area contributed by atoms with Gasteiger partial charge >= 0.3 is 0 Å². The summed E-state index contributed by atoms with van der Waals surface area (Å²) in [6.07, 6.45) is 1.56. The zero-order valence-electron chi connectivity index (χ0n) is 19.6. The Morgan fingerprint density at radius 2 is 2.03 bits per heavy atom. The summed E-state index contributed by atoms with van der Waals surface area (Å²) in [5, 5.41) is 20.7. The topological polar surface area (TPSA) is 82.5 Å². The summed E-state index contributed by atoms with van der Waals surface area (Å²) in [4.78, 5) is 16.8. The van der Waals surface area contributed by atoms with Gasteiger partial charge in [0.05, 0.1) is 11.1 Å². The highest BCUT2D eigenvalue weighted by Gasteiger charge is 2.45. The molecular formula is C26H31ClN2O5S. The second-order valence-electron chi connectivity index (χ2n) is 9.50. The maximum atomic E-state index is 13.0. The van der Waals surface area contributed by atoms with Crippen molar-refractivity contribution in [1.82, 2.24) is 9.80 Å². The fourth-order valence-electron chi connectivity index (χ4n) is 5.10. The van der Waals surface area contributed by atoms with E-state index < -0.39 is 6.10 Å². The van der Waals surface area contributed by atoms with Gasteiger partial charge in [-0.15, -0.1) is 11.6 Å². The Balaban J connectivity index is 1.16. The molecule has 188 valence electrons. The molecule has 0 saturated carbocycles. The number of aliphatic hydroxyl groups excluding tert-OH is 1. The predicted octanol–water partition coefficient (Wildman–Crippen LogP) is 3.36. The van der Waals surface area contributed by atoms with Crippen LogP contribution in [0.5, 0.6) is 17.2 Å². The van der Waals surface area contributed by atoms with Crippen molar-refractivity contribution in [3.63, 3.8) is 0 Å². The van der Waals surface area contributed by atoms with E-state index in [1.807, 2.05) is 34.9 Å². The minimum absolute atomic E-state index is 0.00716. The number of benzene rings is 2. The van der Waals surface area contributed by atoms with Crippen LogP contribution in [0.2, 0.25) is 0 Å². The van der Waals surface area contributed by atoms with Crippen LogP contribution in [0.1, 0.15) is 28.8 Å². The molecule has 9 heteroatoms. The van der Waals surface area contributed by atoms with Crippen molar-refractivity contribution in [3.8, 4) is 17.2 Å². The Hall–Kier alpha value is -2.13. The van der Waals surface area contributed by atoms with E-state index in [4.69, 9.17) is 21.1 Å². The zero-order valence-corrected chi connectivity index (χ0v) is 21.1. The number of para-hydroxylation sites is 1. The van der Waals surface area contributed by atoms with Gasteiger partial charge in [-0.2, -0.15) is 11.8 Å². The third-order valence-electron chi connectivity index (χ3n) is 6.97. The van der Waals surface area contributed by atoms with E-state index in [2.05, 4.69) is 6.07 Å². The number of aliphatic hydroxyl groups is 1. The van der Waals surface area contributed by atoms with Crippen LogP contribution in [0.3, 0.4) is 0 Å². The Labute approximate surface area is 215 Å². The third-order valence-corrected chi connectivity index (χ3v) is 8.35. The maximum absolute atomic E-state index is 13.0. The van der Waals surface area contributed by atoms with Crippen LogP contribution >= 0.6 is 23.4 Å². The molecule has 0 aliphatic carbocycles. The summed E-state index contributed by atoms with van der Waals surface area (Å²) in [6, 6.07) is 12.6. The highest BCUT2D eigenvalue weighted by Crippen LogP contribution is 2.43. The van der Waals surface area contributed by atoms with E-state index in [0.29, 0.717) is 38.2 Å². The van der Waals surface area contributed by atoms with Crippen LogP contribution in [-0.4, -0.2) is 87.4 Å². The van der Waals surface area contributed by atoms with Crippen molar-refractivity contribution in [3.05, 3.63) is 53.6 Å². The molecule has 3 aliphatic rings. The summed E-state index contributed by atoms with van der Waals surface area (Å²) in [7, 11) is 0. The molecule has 2 fully saturated rings. The van der Waals surface area contributed by atoms with Crippen molar-refractivity contribution >= 4 is 29.3 Å². The first-order valence-corrected chi connectivity index (χ1v) is 13.7. The number of nitrogens with zero attached hydrogens (tertiary/aromatic N) is 2. The van der Waals surface area contributed by atoms with E-state index in [9.17, 15) is 15.0 Å². The Morgan fingerprint density at radius 1 is 1.23 bits per heavy atom. The van der Waals surface area contributed by atoms with E-state index in [0.717, 1.165) is 30.1 Å². The molecule has 0 bridgehead atoms.